The molecule has 0 N–H and O–H groups in total. The summed E-state index contributed by atoms with van der Waals surface area (Å²) in [6.45, 7) is 1.75. The molecule has 0 bridgehead atoms. The van der Waals surface area contributed by atoms with Gasteiger partial charge in [0.15, 0.2) is 0 Å². The number of hydrogen-bond donors (Lipinski definition) is 0. The molecular formula is C22H21FO3. The molecule has 2 atom stereocenters. The van der Waals surface area contributed by atoms with Gasteiger partial charge >= 0.3 is 5.97 Å². The molecule has 26 heavy (non-hydrogen) atoms. The Kier molecular flexibility index (Phi) is 5.58. The molecule has 1 unspecified atom stereocenters. The zero-order valence-electron chi connectivity index (χ0n) is 14.9. The van der Waals surface area contributed by atoms with Crippen LogP contribution in [0.1, 0.15) is 48.5 Å². The van der Waals surface area contributed by atoms with Crippen molar-refractivity contribution >= 4 is 5.97 Å². The minimum atomic E-state index is -0.284. The maximum absolute atomic E-state index is 13.3. The van der Waals surface area contributed by atoms with Crippen LogP contribution in [0, 0.1) is 17.7 Å². The van der Waals surface area contributed by atoms with Crippen LogP contribution < -0.4 is 4.74 Å². The molecule has 2 aromatic rings. The highest BCUT2D eigenvalue weighted by atomic mass is 19.1. The summed E-state index contributed by atoms with van der Waals surface area (Å²) in [5.41, 5.74) is 3.02. The molecule has 0 spiro atoms. The lowest BCUT2D eigenvalue weighted by Crippen LogP contribution is -2.08. The molecule has 134 valence electrons. The Morgan fingerprint density at radius 1 is 1.27 bits per heavy atom. The summed E-state index contributed by atoms with van der Waals surface area (Å²) in [6, 6.07) is 12.5. The molecule has 3 nitrogen and oxygen atoms in total. The van der Waals surface area contributed by atoms with Crippen molar-refractivity contribution in [3.05, 3.63) is 65.0 Å². The van der Waals surface area contributed by atoms with E-state index in [0.717, 1.165) is 35.3 Å². The Balaban J connectivity index is 1.72. The van der Waals surface area contributed by atoms with Crippen molar-refractivity contribution in [3.63, 3.8) is 0 Å². The Bertz CT molecular complexity index is 846. The number of esters is 1. The molecule has 0 saturated carbocycles. The highest BCUT2D eigenvalue weighted by Crippen LogP contribution is 2.35. The summed E-state index contributed by atoms with van der Waals surface area (Å²) in [6.07, 6.45) is 1.83. The van der Waals surface area contributed by atoms with Gasteiger partial charge in [-0.3, -0.25) is 4.79 Å². The minimum absolute atomic E-state index is 0.0576. The number of carbonyl (C=O) groups is 1. The molecular weight excluding hydrogens is 331 g/mol. The predicted octanol–water partition coefficient (Wildman–Crippen LogP) is 4.56. The number of fused-ring (bicyclic) bond motifs is 1. The van der Waals surface area contributed by atoms with E-state index in [0.29, 0.717) is 0 Å². The van der Waals surface area contributed by atoms with Crippen LogP contribution in [0.3, 0.4) is 0 Å². The minimum Gasteiger partial charge on any atom is -0.486 e. The fourth-order valence-corrected chi connectivity index (χ4v) is 3.29. The summed E-state index contributed by atoms with van der Waals surface area (Å²) < 4.78 is 24.2. The van der Waals surface area contributed by atoms with Crippen LogP contribution in [0.5, 0.6) is 5.75 Å². The van der Waals surface area contributed by atoms with Crippen molar-refractivity contribution in [1.82, 2.24) is 0 Å². The van der Waals surface area contributed by atoms with Crippen molar-refractivity contribution in [3.8, 4) is 17.6 Å². The third-order valence-electron chi connectivity index (χ3n) is 4.61. The molecule has 0 radical (unpaired) electrons. The Morgan fingerprint density at radius 3 is 2.73 bits per heavy atom. The smallest absolute Gasteiger partial charge is 0.307 e. The first kappa shape index (κ1) is 18.0. The maximum atomic E-state index is 13.3. The van der Waals surface area contributed by atoms with E-state index in [4.69, 9.17) is 9.47 Å². The van der Waals surface area contributed by atoms with Crippen LogP contribution in [0.15, 0.2) is 42.5 Å². The standard InChI is InChI=1S/C22H21FO3/c1-3-4-16(14-22(24)25-2)15-5-9-19(10-6-15)26-21-12-7-17-13-18(23)8-11-20(17)21/h5-6,8-11,13,16,21H,7,12,14H2,1-2H3/t16-,21?/m0/s1. The van der Waals surface area contributed by atoms with E-state index in [9.17, 15) is 9.18 Å². The number of rotatable bonds is 5. The highest BCUT2D eigenvalue weighted by Gasteiger charge is 2.24. The van der Waals surface area contributed by atoms with Gasteiger partial charge in [-0.1, -0.05) is 24.1 Å². The summed E-state index contributed by atoms with van der Waals surface area (Å²) in [7, 11) is 1.38. The average molecular weight is 352 g/mol. The van der Waals surface area contributed by atoms with Crippen molar-refractivity contribution < 1.29 is 18.7 Å². The zero-order valence-corrected chi connectivity index (χ0v) is 14.9. The van der Waals surface area contributed by atoms with Crippen LogP contribution >= 0.6 is 0 Å². The largest absolute Gasteiger partial charge is 0.486 e. The van der Waals surface area contributed by atoms with E-state index >= 15 is 0 Å². The maximum Gasteiger partial charge on any atom is 0.307 e. The van der Waals surface area contributed by atoms with Gasteiger partial charge in [0.25, 0.3) is 0 Å². The van der Waals surface area contributed by atoms with Crippen LogP contribution in [-0.4, -0.2) is 13.1 Å². The molecule has 0 aliphatic heterocycles. The lowest BCUT2D eigenvalue weighted by Gasteiger charge is -2.16. The molecule has 4 heteroatoms. The van der Waals surface area contributed by atoms with Crippen LogP contribution in [-0.2, 0) is 16.0 Å². The zero-order chi connectivity index (χ0) is 18.5. The molecule has 0 aromatic heterocycles. The quantitative estimate of drug-likeness (QED) is 0.584. The van der Waals surface area contributed by atoms with Crippen molar-refractivity contribution in [2.24, 2.45) is 0 Å². The van der Waals surface area contributed by atoms with E-state index in [-0.39, 0.29) is 30.2 Å². The van der Waals surface area contributed by atoms with E-state index in [2.05, 4.69) is 11.8 Å². The molecule has 2 aromatic carbocycles. The first-order valence-corrected chi connectivity index (χ1v) is 8.64. The normalized spacial score (nSPS) is 16.2. The summed E-state index contributed by atoms with van der Waals surface area (Å²) in [5, 5.41) is 0. The van der Waals surface area contributed by atoms with E-state index in [1.807, 2.05) is 24.3 Å². The number of aryl methyl sites for hydroxylation is 1. The number of halogens is 1. The summed E-state index contributed by atoms with van der Waals surface area (Å²) >= 11 is 0. The topological polar surface area (TPSA) is 35.5 Å². The SMILES string of the molecule is CC#C[C@@H](CC(=O)OC)c1ccc(OC2CCc3cc(F)ccc32)cc1. The monoisotopic (exact) mass is 352 g/mol. The van der Waals surface area contributed by atoms with Gasteiger partial charge in [0, 0.05) is 0 Å². The fraction of sp³-hybridized carbons (Fsp3) is 0.318. The van der Waals surface area contributed by atoms with Crippen LogP contribution in [0.25, 0.3) is 0 Å². The van der Waals surface area contributed by atoms with Crippen molar-refractivity contribution in [1.29, 1.82) is 0 Å². The van der Waals surface area contributed by atoms with Gasteiger partial charge in [0.2, 0.25) is 0 Å². The van der Waals surface area contributed by atoms with E-state index in [1.54, 1.807) is 19.1 Å². The number of methoxy groups -OCH3 is 1. The lowest BCUT2D eigenvalue weighted by molar-refractivity contribution is -0.140. The summed E-state index contributed by atoms with van der Waals surface area (Å²) in [4.78, 5) is 11.6. The molecule has 1 aliphatic carbocycles. The average Bonchev–Trinajstić information content (AvgIpc) is 3.03. The van der Waals surface area contributed by atoms with E-state index < -0.39 is 0 Å². The fourth-order valence-electron chi connectivity index (χ4n) is 3.29. The van der Waals surface area contributed by atoms with Gasteiger partial charge in [-0.05, 0) is 60.7 Å². The van der Waals surface area contributed by atoms with Crippen molar-refractivity contribution in [2.75, 3.05) is 7.11 Å². The Morgan fingerprint density at radius 2 is 2.04 bits per heavy atom. The van der Waals surface area contributed by atoms with Gasteiger partial charge in [-0.25, -0.2) is 4.39 Å². The second kappa shape index (κ2) is 8.05. The second-order valence-electron chi connectivity index (χ2n) is 6.28. The summed E-state index contributed by atoms with van der Waals surface area (Å²) in [5.74, 6) is 5.97. The first-order chi connectivity index (χ1) is 12.6. The Labute approximate surface area is 153 Å². The third-order valence-corrected chi connectivity index (χ3v) is 4.61. The predicted molar refractivity (Wildman–Crippen MR) is 97.4 cm³/mol. The number of carbonyl (C=O) groups excluding carboxylic acids is 1. The molecule has 0 saturated heterocycles. The third kappa shape index (κ3) is 4.05. The van der Waals surface area contributed by atoms with Gasteiger partial charge in [0.1, 0.15) is 17.7 Å². The molecule has 0 heterocycles. The van der Waals surface area contributed by atoms with Gasteiger partial charge in [-0.2, -0.15) is 0 Å². The van der Waals surface area contributed by atoms with Gasteiger partial charge < -0.3 is 9.47 Å². The number of ether oxygens (including phenoxy) is 2. The van der Waals surface area contributed by atoms with Crippen LogP contribution in [0.4, 0.5) is 4.39 Å². The first-order valence-electron chi connectivity index (χ1n) is 8.64. The lowest BCUT2D eigenvalue weighted by atomic mass is 9.96. The second-order valence-corrected chi connectivity index (χ2v) is 6.28. The van der Waals surface area contributed by atoms with Gasteiger partial charge in [-0.15, -0.1) is 5.92 Å². The Hall–Kier alpha value is -2.80. The molecule has 1 aliphatic rings. The van der Waals surface area contributed by atoms with Gasteiger partial charge in [0.05, 0.1) is 19.4 Å². The molecule has 0 fully saturated rings. The van der Waals surface area contributed by atoms with E-state index in [1.165, 1.54) is 13.2 Å². The molecule has 3 rings (SSSR count). The molecule has 0 amide bonds. The number of benzene rings is 2. The highest BCUT2D eigenvalue weighted by molar-refractivity contribution is 5.71. The van der Waals surface area contributed by atoms with Crippen LogP contribution in [0.2, 0.25) is 0 Å². The number of hydrogen-bond acceptors (Lipinski definition) is 3. The van der Waals surface area contributed by atoms with Crippen molar-refractivity contribution in [2.45, 2.75) is 38.2 Å².